The van der Waals surface area contributed by atoms with Crippen LogP contribution in [-0.4, -0.2) is 27.4 Å². The number of sulfonamides is 1. The molecule has 1 aromatic rings. The zero-order valence-electron chi connectivity index (χ0n) is 13.6. The number of nitrogens with one attached hydrogen (secondary N) is 1. The minimum absolute atomic E-state index is 0.238. The van der Waals surface area contributed by atoms with E-state index in [0.717, 1.165) is 37.0 Å². The molecule has 1 aliphatic heterocycles. The Bertz CT molecular complexity index is 638. The third-order valence-electron chi connectivity index (χ3n) is 4.60. The molecule has 1 N–H and O–H groups in total. The maximum Gasteiger partial charge on any atom is 0.212 e. The number of rotatable bonds is 5. The molecule has 6 heteroatoms. The molecule has 0 unspecified atom stereocenters. The Kier molecular flexibility index (Phi) is 5.11. The first kappa shape index (κ1) is 16.6. The van der Waals surface area contributed by atoms with E-state index in [1.54, 1.807) is 0 Å². The van der Waals surface area contributed by atoms with Crippen LogP contribution in [0.3, 0.4) is 0 Å². The van der Waals surface area contributed by atoms with Crippen LogP contribution in [0.2, 0.25) is 0 Å². The maximum absolute atomic E-state index is 12.4. The largest absolute Gasteiger partial charge is 0.486 e. The van der Waals surface area contributed by atoms with Gasteiger partial charge in [-0.15, -0.1) is 0 Å². The van der Waals surface area contributed by atoms with E-state index in [4.69, 9.17) is 9.47 Å². The number of hydrogen-bond donors (Lipinski definition) is 1. The van der Waals surface area contributed by atoms with Crippen molar-refractivity contribution >= 4 is 10.0 Å². The van der Waals surface area contributed by atoms with Crippen LogP contribution in [0.1, 0.15) is 50.6 Å². The minimum Gasteiger partial charge on any atom is -0.486 e. The van der Waals surface area contributed by atoms with Crippen LogP contribution in [0, 0.1) is 5.92 Å². The van der Waals surface area contributed by atoms with Crippen LogP contribution >= 0.6 is 0 Å². The highest BCUT2D eigenvalue weighted by atomic mass is 32.2. The van der Waals surface area contributed by atoms with Crippen LogP contribution in [0.5, 0.6) is 11.5 Å². The van der Waals surface area contributed by atoms with Crippen LogP contribution in [0.15, 0.2) is 18.2 Å². The fraction of sp³-hybridized carbons (Fsp3) is 0.647. The van der Waals surface area contributed by atoms with Gasteiger partial charge in [0.05, 0.1) is 5.75 Å². The highest BCUT2D eigenvalue weighted by Crippen LogP contribution is 2.33. The molecule has 2 aliphatic rings. The van der Waals surface area contributed by atoms with Crippen LogP contribution in [0.25, 0.3) is 0 Å². The lowest BCUT2D eigenvalue weighted by Gasteiger charge is -2.23. The van der Waals surface area contributed by atoms with Crippen molar-refractivity contribution in [2.75, 3.05) is 19.0 Å². The van der Waals surface area contributed by atoms with Gasteiger partial charge in [-0.3, -0.25) is 0 Å². The van der Waals surface area contributed by atoms with Crippen molar-refractivity contribution in [1.29, 1.82) is 0 Å². The monoisotopic (exact) mass is 339 g/mol. The van der Waals surface area contributed by atoms with E-state index >= 15 is 0 Å². The lowest BCUT2D eigenvalue weighted by molar-refractivity contribution is 0.171. The predicted octanol–water partition coefficient (Wildman–Crippen LogP) is 3.02. The molecule has 0 bridgehead atoms. The summed E-state index contributed by atoms with van der Waals surface area (Å²) < 4.78 is 38.7. The summed E-state index contributed by atoms with van der Waals surface area (Å²) in [6.45, 7) is 2.94. The van der Waals surface area contributed by atoms with Gasteiger partial charge in [0, 0.05) is 6.04 Å². The van der Waals surface area contributed by atoms with Gasteiger partial charge >= 0.3 is 0 Å². The topological polar surface area (TPSA) is 64.6 Å². The normalized spacial score (nSPS) is 20.2. The van der Waals surface area contributed by atoms with Crippen LogP contribution in [0.4, 0.5) is 0 Å². The molecule has 0 aromatic heterocycles. The zero-order chi connectivity index (χ0) is 16.3. The van der Waals surface area contributed by atoms with Gasteiger partial charge in [-0.05, 0) is 43.4 Å². The lowest BCUT2D eigenvalue weighted by atomic mass is 9.91. The summed E-state index contributed by atoms with van der Waals surface area (Å²) in [5, 5.41) is 0. The first-order valence-electron chi connectivity index (χ1n) is 8.43. The molecule has 0 radical (unpaired) electrons. The summed E-state index contributed by atoms with van der Waals surface area (Å²) in [5.41, 5.74) is 0.890. The molecule has 1 atom stereocenters. The Morgan fingerprint density at radius 1 is 1.13 bits per heavy atom. The summed E-state index contributed by atoms with van der Waals surface area (Å²) in [5.74, 6) is 1.94. The average molecular weight is 339 g/mol. The van der Waals surface area contributed by atoms with Gasteiger partial charge in [-0.25, -0.2) is 13.1 Å². The second kappa shape index (κ2) is 7.09. The molecule has 0 amide bonds. The summed E-state index contributed by atoms with van der Waals surface area (Å²) >= 11 is 0. The van der Waals surface area contributed by atoms with Crippen molar-refractivity contribution in [3.63, 3.8) is 0 Å². The van der Waals surface area contributed by atoms with Gasteiger partial charge in [0.2, 0.25) is 10.0 Å². The molecule has 1 aromatic carbocycles. The van der Waals surface area contributed by atoms with Gasteiger partial charge in [0.1, 0.15) is 13.2 Å². The summed E-state index contributed by atoms with van der Waals surface area (Å²) in [7, 11) is -3.27. The van der Waals surface area contributed by atoms with Crippen molar-refractivity contribution in [1.82, 2.24) is 4.72 Å². The highest BCUT2D eigenvalue weighted by Gasteiger charge is 2.24. The number of fused-ring (bicyclic) bond motifs is 1. The fourth-order valence-electron chi connectivity index (χ4n) is 3.38. The van der Waals surface area contributed by atoms with Crippen molar-refractivity contribution in [3.8, 4) is 11.5 Å². The van der Waals surface area contributed by atoms with E-state index in [0.29, 0.717) is 24.9 Å². The molecule has 1 saturated carbocycles. The first-order valence-corrected chi connectivity index (χ1v) is 10.1. The van der Waals surface area contributed by atoms with Gasteiger partial charge in [0.25, 0.3) is 0 Å². The van der Waals surface area contributed by atoms with Crippen molar-refractivity contribution < 1.29 is 17.9 Å². The van der Waals surface area contributed by atoms with E-state index < -0.39 is 10.0 Å². The Balaban J connectivity index is 1.64. The zero-order valence-corrected chi connectivity index (χ0v) is 14.4. The third-order valence-corrected chi connectivity index (χ3v) is 6.23. The van der Waals surface area contributed by atoms with E-state index in [9.17, 15) is 8.42 Å². The first-order chi connectivity index (χ1) is 11.0. The summed E-state index contributed by atoms with van der Waals surface area (Å²) in [4.78, 5) is 0. The second-order valence-corrected chi connectivity index (χ2v) is 8.33. The van der Waals surface area contributed by atoms with Crippen molar-refractivity contribution in [2.24, 2.45) is 5.92 Å². The molecule has 3 rings (SSSR count). The fourth-order valence-corrected chi connectivity index (χ4v) is 5.10. The molecular formula is C17H25NO4S. The second-order valence-electron chi connectivity index (χ2n) is 6.53. The van der Waals surface area contributed by atoms with Crippen LogP contribution < -0.4 is 14.2 Å². The molecule has 1 aliphatic carbocycles. The molecule has 23 heavy (non-hydrogen) atoms. The van der Waals surface area contributed by atoms with E-state index in [1.807, 2.05) is 25.1 Å². The molecule has 1 fully saturated rings. The predicted molar refractivity (Wildman–Crippen MR) is 89.3 cm³/mol. The number of hydrogen-bond acceptors (Lipinski definition) is 4. The Morgan fingerprint density at radius 3 is 2.57 bits per heavy atom. The van der Waals surface area contributed by atoms with Gasteiger partial charge in [-0.2, -0.15) is 0 Å². The number of ether oxygens (including phenoxy) is 2. The van der Waals surface area contributed by atoms with Gasteiger partial charge in [0.15, 0.2) is 11.5 Å². The highest BCUT2D eigenvalue weighted by molar-refractivity contribution is 7.89. The Labute approximate surface area is 138 Å². The molecule has 5 nitrogen and oxygen atoms in total. The average Bonchev–Trinajstić information content (AvgIpc) is 2.54. The lowest BCUT2D eigenvalue weighted by Crippen LogP contribution is -2.32. The molecule has 1 heterocycles. The van der Waals surface area contributed by atoms with E-state index in [2.05, 4.69) is 4.72 Å². The van der Waals surface area contributed by atoms with E-state index in [-0.39, 0.29) is 11.8 Å². The quantitative estimate of drug-likeness (QED) is 0.895. The molecular weight excluding hydrogens is 314 g/mol. The number of benzene rings is 1. The van der Waals surface area contributed by atoms with Crippen molar-refractivity contribution in [2.45, 2.75) is 45.1 Å². The molecule has 0 saturated heterocycles. The maximum atomic E-state index is 12.4. The minimum atomic E-state index is -3.27. The summed E-state index contributed by atoms with van der Waals surface area (Å²) in [6, 6.07) is 5.32. The SMILES string of the molecule is C[C@H](NS(=O)(=O)CC1CCCCC1)c1ccc2c(c1)OCCO2. The van der Waals surface area contributed by atoms with Gasteiger partial charge < -0.3 is 9.47 Å². The van der Waals surface area contributed by atoms with Gasteiger partial charge in [-0.1, -0.05) is 25.3 Å². The molecule has 128 valence electrons. The van der Waals surface area contributed by atoms with Crippen molar-refractivity contribution in [3.05, 3.63) is 23.8 Å². The standard InChI is InChI=1S/C17H25NO4S/c1-13(15-7-8-16-17(11-15)22-10-9-21-16)18-23(19,20)12-14-5-3-2-4-6-14/h7-8,11,13-14,18H,2-6,9-10,12H2,1H3/t13-/m0/s1. The molecule has 0 spiro atoms. The Hall–Kier alpha value is -1.27. The van der Waals surface area contributed by atoms with E-state index in [1.165, 1.54) is 6.42 Å². The third kappa shape index (κ3) is 4.38. The smallest absolute Gasteiger partial charge is 0.212 e. The Morgan fingerprint density at radius 2 is 1.83 bits per heavy atom. The van der Waals surface area contributed by atoms with Crippen LogP contribution in [-0.2, 0) is 10.0 Å². The summed E-state index contributed by atoms with van der Waals surface area (Å²) in [6.07, 6.45) is 5.59.